The molecular formula is C14H14FNO2. The molecule has 4 heteroatoms. The first kappa shape index (κ1) is 12.4. The summed E-state index contributed by atoms with van der Waals surface area (Å²) >= 11 is 0. The van der Waals surface area contributed by atoms with E-state index >= 15 is 0 Å². The van der Waals surface area contributed by atoms with Gasteiger partial charge in [-0.1, -0.05) is 12.1 Å². The lowest BCUT2D eigenvalue weighted by Crippen LogP contribution is -2.34. The number of rotatable bonds is 4. The molecule has 0 aliphatic carbocycles. The summed E-state index contributed by atoms with van der Waals surface area (Å²) < 4.78 is 18.6. The van der Waals surface area contributed by atoms with Crippen LogP contribution in [-0.2, 0) is 6.42 Å². The molecule has 0 fully saturated rings. The molecule has 0 spiro atoms. The SMILES string of the molecule is CC(Cc1ccco1)NC(=O)c1ccccc1F. The number of carbonyl (C=O) groups excluding carboxylic acids is 1. The van der Waals surface area contributed by atoms with Gasteiger partial charge in [0.05, 0.1) is 11.8 Å². The van der Waals surface area contributed by atoms with E-state index in [1.165, 1.54) is 12.1 Å². The van der Waals surface area contributed by atoms with Gasteiger partial charge in [-0.25, -0.2) is 4.39 Å². The van der Waals surface area contributed by atoms with Gasteiger partial charge in [-0.05, 0) is 31.2 Å². The van der Waals surface area contributed by atoms with Gasteiger partial charge >= 0.3 is 0 Å². The Hall–Kier alpha value is -2.10. The van der Waals surface area contributed by atoms with Crippen molar-refractivity contribution < 1.29 is 13.6 Å². The minimum absolute atomic E-state index is 0.0591. The van der Waals surface area contributed by atoms with Crippen LogP contribution in [0, 0.1) is 5.82 Å². The van der Waals surface area contributed by atoms with Gasteiger partial charge < -0.3 is 9.73 Å². The predicted molar refractivity (Wildman–Crippen MR) is 65.7 cm³/mol. The molecule has 1 unspecified atom stereocenters. The van der Waals surface area contributed by atoms with Gasteiger partial charge in [0, 0.05) is 12.5 Å². The lowest BCUT2D eigenvalue weighted by atomic mass is 10.1. The van der Waals surface area contributed by atoms with Crippen LogP contribution in [0.3, 0.4) is 0 Å². The van der Waals surface area contributed by atoms with Crippen LogP contribution in [-0.4, -0.2) is 11.9 Å². The molecule has 1 N–H and O–H groups in total. The average molecular weight is 247 g/mol. The minimum Gasteiger partial charge on any atom is -0.469 e. The molecule has 2 aromatic rings. The fourth-order valence-electron chi connectivity index (χ4n) is 1.73. The van der Waals surface area contributed by atoms with Crippen molar-refractivity contribution in [3.05, 3.63) is 59.8 Å². The molecular weight excluding hydrogens is 233 g/mol. The first-order valence-electron chi connectivity index (χ1n) is 5.74. The number of furan rings is 1. The van der Waals surface area contributed by atoms with E-state index < -0.39 is 11.7 Å². The minimum atomic E-state index is -0.514. The van der Waals surface area contributed by atoms with E-state index in [9.17, 15) is 9.18 Å². The van der Waals surface area contributed by atoms with Gasteiger partial charge in [0.2, 0.25) is 0 Å². The molecule has 1 heterocycles. The Kier molecular flexibility index (Phi) is 3.77. The monoisotopic (exact) mass is 247 g/mol. The quantitative estimate of drug-likeness (QED) is 0.902. The molecule has 1 amide bonds. The van der Waals surface area contributed by atoms with Crippen LogP contribution in [0.25, 0.3) is 0 Å². The molecule has 1 aromatic heterocycles. The van der Waals surface area contributed by atoms with Gasteiger partial charge in [0.1, 0.15) is 11.6 Å². The van der Waals surface area contributed by atoms with Gasteiger partial charge in [-0.2, -0.15) is 0 Å². The molecule has 0 radical (unpaired) electrons. The second-order valence-corrected chi connectivity index (χ2v) is 4.14. The van der Waals surface area contributed by atoms with Crippen LogP contribution < -0.4 is 5.32 Å². The highest BCUT2D eigenvalue weighted by Crippen LogP contribution is 2.08. The molecule has 2 rings (SSSR count). The number of hydrogen-bond donors (Lipinski definition) is 1. The van der Waals surface area contributed by atoms with Gasteiger partial charge in [-0.3, -0.25) is 4.79 Å². The van der Waals surface area contributed by atoms with Crippen molar-refractivity contribution in [3.8, 4) is 0 Å². The van der Waals surface area contributed by atoms with E-state index in [4.69, 9.17) is 4.42 Å². The number of nitrogens with one attached hydrogen (secondary N) is 1. The Labute approximate surface area is 105 Å². The molecule has 18 heavy (non-hydrogen) atoms. The number of hydrogen-bond acceptors (Lipinski definition) is 2. The summed E-state index contributed by atoms with van der Waals surface area (Å²) in [7, 11) is 0. The number of amides is 1. The Morgan fingerprint density at radius 1 is 1.33 bits per heavy atom. The van der Waals surface area contributed by atoms with E-state index in [0.29, 0.717) is 6.42 Å². The first-order chi connectivity index (χ1) is 8.66. The van der Waals surface area contributed by atoms with Crippen LogP contribution in [0.1, 0.15) is 23.0 Å². The molecule has 94 valence electrons. The third-order valence-corrected chi connectivity index (χ3v) is 2.58. The summed E-state index contributed by atoms with van der Waals surface area (Å²) in [6, 6.07) is 9.43. The number of benzene rings is 1. The third-order valence-electron chi connectivity index (χ3n) is 2.58. The maximum Gasteiger partial charge on any atom is 0.254 e. The highest BCUT2D eigenvalue weighted by atomic mass is 19.1. The highest BCUT2D eigenvalue weighted by Gasteiger charge is 2.14. The van der Waals surface area contributed by atoms with Crippen molar-refractivity contribution in [2.75, 3.05) is 0 Å². The maximum atomic E-state index is 13.4. The summed E-state index contributed by atoms with van der Waals surface area (Å²) in [6.07, 6.45) is 2.16. The Morgan fingerprint density at radius 2 is 2.11 bits per heavy atom. The van der Waals surface area contributed by atoms with Crippen molar-refractivity contribution in [2.24, 2.45) is 0 Å². The summed E-state index contributed by atoms with van der Waals surface area (Å²) in [5.41, 5.74) is 0.0591. The van der Waals surface area contributed by atoms with Gasteiger partial charge in [-0.15, -0.1) is 0 Å². The molecule has 0 aliphatic heterocycles. The Bertz CT molecular complexity index is 522. The summed E-state index contributed by atoms with van der Waals surface area (Å²) in [5, 5.41) is 2.74. The number of carbonyl (C=O) groups is 1. The normalized spacial score (nSPS) is 12.1. The first-order valence-corrected chi connectivity index (χ1v) is 5.74. The van der Waals surface area contributed by atoms with E-state index in [2.05, 4.69) is 5.32 Å². The van der Waals surface area contributed by atoms with Crippen LogP contribution in [0.5, 0.6) is 0 Å². The second kappa shape index (κ2) is 5.49. The van der Waals surface area contributed by atoms with E-state index in [0.717, 1.165) is 5.76 Å². The molecule has 1 aromatic carbocycles. The van der Waals surface area contributed by atoms with E-state index in [1.807, 2.05) is 13.0 Å². The molecule has 1 atom stereocenters. The smallest absolute Gasteiger partial charge is 0.254 e. The van der Waals surface area contributed by atoms with Crippen LogP contribution in [0.4, 0.5) is 4.39 Å². The molecule has 3 nitrogen and oxygen atoms in total. The van der Waals surface area contributed by atoms with Crippen molar-refractivity contribution in [3.63, 3.8) is 0 Å². The molecule has 0 saturated carbocycles. The van der Waals surface area contributed by atoms with Crippen LogP contribution in [0.15, 0.2) is 47.1 Å². The van der Waals surface area contributed by atoms with Crippen molar-refractivity contribution in [1.82, 2.24) is 5.32 Å². The molecule has 0 aliphatic rings. The fourth-order valence-corrected chi connectivity index (χ4v) is 1.73. The average Bonchev–Trinajstić information content (AvgIpc) is 2.82. The fraction of sp³-hybridized carbons (Fsp3) is 0.214. The van der Waals surface area contributed by atoms with Gasteiger partial charge in [0.15, 0.2) is 0 Å². The van der Waals surface area contributed by atoms with Crippen molar-refractivity contribution in [1.29, 1.82) is 0 Å². The third kappa shape index (κ3) is 2.97. The van der Waals surface area contributed by atoms with Crippen LogP contribution in [0.2, 0.25) is 0 Å². The topological polar surface area (TPSA) is 42.2 Å². The zero-order valence-electron chi connectivity index (χ0n) is 10.0. The predicted octanol–water partition coefficient (Wildman–Crippen LogP) is 2.78. The lowest BCUT2D eigenvalue weighted by molar-refractivity contribution is 0.0935. The van der Waals surface area contributed by atoms with E-state index in [-0.39, 0.29) is 11.6 Å². The Morgan fingerprint density at radius 3 is 2.78 bits per heavy atom. The summed E-state index contributed by atoms with van der Waals surface area (Å²) in [5.74, 6) is -0.135. The molecule has 0 bridgehead atoms. The Balaban J connectivity index is 1.97. The van der Waals surface area contributed by atoms with Crippen molar-refractivity contribution in [2.45, 2.75) is 19.4 Å². The second-order valence-electron chi connectivity index (χ2n) is 4.14. The number of halogens is 1. The summed E-state index contributed by atoms with van der Waals surface area (Å²) in [4.78, 5) is 11.8. The maximum absolute atomic E-state index is 13.4. The van der Waals surface area contributed by atoms with Crippen molar-refractivity contribution >= 4 is 5.91 Å². The van der Waals surface area contributed by atoms with Crippen LogP contribution >= 0.6 is 0 Å². The van der Waals surface area contributed by atoms with Gasteiger partial charge in [0.25, 0.3) is 5.91 Å². The highest BCUT2D eigenvalue weighted by molar-refractivity contribution is 5.94. The zero-order chi connectivity index (χ0) is 13.0. The summed E-state index contributed by atoms with van der Waals surface area (Å²) in [6.45, 7) is 1.85. The standard InChI is InChI=1S/C14H14FNO2/c1-10(9-11-5-4-8-18-11)16-14(17)12-6-2-3-7-13(12)15/h2-8,10H,9H2,1H3,(H,16,17). The molecule has 0 saturated heterocycles. The lowest BCUT2D eigenvalue weighted by Gasteiger charge is -2.12. The van der Waals surface area contributed by atoms with E-state index in [1.54, 1.807) is 24.5 Å². The zero-order valence-corrected chi connectivity index (χ0v) is 10.0. The largest absolute Gasteiger partial charge is 0.469 e.